The number of hydrogen-bond donors (Lipinski definition) is 1. The fourth-order valence-electron chi connectivity index (χ4n) is 2.74. The molecule has 0 radical (unpaired) electrons. The second-order valence-corrected chi connectivity index (χ2v) is 5.31. The van der Waals surface area contributed by atoms with E-state index in [-0.39, 0.29) is 0 Å². The van der Waals surface area contributed by atoms with E-state index >= 15 is 0 Å². The van der Waals surface area contributed by atoms with Crippen molar-refractivity contribution < 1.29 is 9.90 Å². The molecule has 0 amide bonds. The smallest absolute Gasteiger partial charge is 0.335 e. The zero-order valence-electron chi connectivity index (χ0n) is 11.5. The number of carbonyl (C=O) groups is 1. The lowest BCUT2D eigenvalue weighted by molar-refractivity contribution is 0.0697. The summed E-state index contributed by atoms with van der Waals surface area (Å²) < 4.78 is 0. The number of aromatic carboxylic acids is 1. The van der Waals surface area contributed by atoms with Crippen molar-refractivity contribution in [3.63, 3.8) is 0 Å². The summed E-state index contributed by atoms with van der Waals surface area (Å²) in [6, 6.07) is 13.7. The molecule has 0 saturated heterocycles. The number of aryl methyl sites for hydroxylation is 1. The fourth-order valence-corrected chi connectivity index (χ4v) is 2.74. The maximum Gasteiger partial charge on any atom is 0.335 e. The van der Waals surface area contributed by atoms with Crippen molar-refractivity contribution in [1.82, 2.24) is 0 Å². The molecule has 0 fully saturated rings. The number of rotatable bonds is 3. The summed E-state index contributed by atoms with van der Waals surface area (Å²) in [4.78, 5) is 13.2. The molecular formula is C17H17NO2. The number of fused-ring (bicyclic) bond motifs is 1. The first-order valence-electron chi connectivity index (χ1n) is 6.80. The topological polar surface area (TPSA) is 40.5 Å². The average molecular weight is 267 g/mol. The highest BCUT2D eigenvalue weighted by atomic mass is 16.4. The predicted molar refractivity (Wildman–Crippen MR) is 79.3 cm³/mol. The Balaban J connectivity index is 1.78. The highest BCUT2D eigenvalue weighted by Gasteiger charge is 2.18. The summed E-state index contributed by atoms with van der Waals surface area (Å²) in [6.45, 7) is 3.98. The number of carboxylic acid groups (broad SMARTS) is 1. The molecular weight excluding hydrogens is 250 g/mol. The molecule has 20 heavy (non-hydrogen) atoms. The van der Waals surface area contributed by atoms with Gasteiger partial charge < -0.3 is 10.0 Å². The van der Waals surface area contributed by atoms with Gasteiger partial charge in [0.2, 0.25) is 0 Å². The van der Waals surface area contributed by atoms with E-state index in [1.807, 2.05) is 12.1 Å². The number of anilines is 1. The summed E-state index contributed by atoms with van der Waals surface area (Å²) in [5.41, 5.74) is 5.50. The summed E-state index contributed by atoms with van der Waals surface area (Å²) in [7, 11) is 0. The lowest BCUT2D eigenvalue weighted by Crippen LogP contribution is -2.19. The molecule has 1 N–H and O–H groups in total. The Morgan fingerprint density at radius 3 is 2.65 bits per heavy atom. The molecule has 3 nitrogen and oxygen atoms in total. The Morgan fingerprint density at radius 2 is 1.95 bits per heavy atom. The fraction of sp³-hybridized carbons (Fsp3) is 0.235. The van der Waals surface area contributed by atoms with Crippen molar-refractivity contribution in [2.75, 3.05) is 11.4 Å². The third kappa shape index (κ3) is 2.39. The normalized spacial score (nSPS) is 13.3. The van der Waals surface area contributed by atoms with Crippen LogP contribution < -0.4 is 4.90 Å². The van der Waals surface area contributed by atoms with Gasteiger partial charge in [-0.25, -0.2) is 4.79 Å². The van der Waals surface area contributed by atoms with Gasteiger partial charge in [0.05, 0.1) is 5.56 Å². The second-order valence-electron chi connectivity index (χ2n) is 5.31. The largest absolute Gasteiger partial charge is 0.478 e. The molecule has 0 unspecified atom stereocenters. The van der Waals surface area contributed by atoms with Crippen molar-refractivity contribution in [1.29, 1.82) is 0 Å². The Labute approximate surface area is 118 Å². The van der Waals surface area contributed by atoms with Crippen molar-refractivity contribution in [3.8, 4) is 0 Å². The van der Waals surface area contributed by atoms with Crippen molar-refractivity contribution >= 4 is 11.7 Å². The molecule has 0 spiro atoms. The molecule has 0 aliphatic carbocycles. The maximum absolute atomic E-state index is 10.8. The summed E-state index contributed by atoms with van der Waals surface area (Å²) >= 11 is 0. The zero-order chi connectivity index (χ0) is 14.1. The first-order chi connectivity index (χ1) is 9.63. The summed E-state index contributed by atoms with van der Waals surface area (Å²) in [5, 5.41) is 8.91. The van der Waals surface area contributed by atoms with E-state index in [9.17, 15) is 4.79 Å². The molecule has 3 heteroatoms. The van der Waals surface area contributed by atoms with Crippen LogP contribution in [0, 0.1) is 6.92 Å². The number of nitrogens with zero attached hydrogens (tertiary/aromatic N) is 1. The van der Waals surface area contributed by atoms with Crippen molar-refractivity contribution in [2.24, 2.45) is 0 Å². The van der Waals surface area contributed by atoms with Gasteiger partial charge in [-0.2, -0.15) is 0 Å². The number of benzene rings is 2. The van der Waals surface area contributed by atoms with Crippen LogP contribution in [-0.4, -0.2) is 17.6 Å². The van der Waals surface area contributed by atoms with Crippen LogP contribution in [0.15, 0.2) is 42.5 Å². The van der Waals surface area contributed by atoms with Crippen LogP contribution in [0.25, 0.3) is 0 Å². The van der Waals surface area contributed by atoms with Crippen LogP contribution >= 0.6 is 0 Å². The molecule has 2 aromatic carbocycles. The average Bonchev–Trinajstić information content (AvgIpc) is 2.81. The van der Waals surface area contributed by atoms with E-state index in [0.717, 1.165) is 25.1 Å². The van der Waals surface area contributed by atoms with Gasteiger partial charge in [-0.1, -0.05) is 29.8 Å². The molecule has 1 aliphatic rings. The van der Waals surface area contributed by atoms with Gasteiger partial charge in [0.15, 0.2) is 0 Å². The van der Waals surface area contributed by atoms with Gasteiger partial charge in [-0.3, -0.25) is 0 Å². The van der Waals surface area contributed by atoms with E-state index < -0.39 is 5.97 Å². The molecule has 0 saturated carbocycles. The molecule has 0 atom stereocenters. The van der Waals surface area contributed by atoms with Crippen LogP contribution in [0.4, 0.5) is 5.69 Å². The van der Waals surface area contributed by atoms with Crippen LogP contribution in [0.5, 0.6) is 0 Å². The van der Waals surface area contributed by atoms with Gasteiger partial charge in [0, 0.05) is 18.8 Å². The molecule has 0 aromatic heterocycles. The Hall–Kier alpha value is -2.29. The van der Waals surface area contributed by atoms with E-state index in [4.69, 9.17) is 5.11 Å². The van der Waals surface area contributed by atoms with E-state index in [2.05, 4.69) is 30.0 Å². The summed E-state index contributed by atoms with van der Waals surface area (Å²) in [6.07, 6.45) is 1.09. The number of hydrogen-bond acceptors (Lipinski definition) is 2. The monoisotopic (exact) mass is 267 g/mol. The van der Waals surface area contributed by atoms with Gasteiger partial charge in [-0.05, 0) is 42.7 Å². The first-order valence-corrected chi connectivity index (χ1v) is 6.80. The van der Waals surface area contributed by atoms with Crippen LogP contribution in [0.2, 0.25) is 0 Å². The second kappa shape index (κ2) is 5.00. The third-order valence-electron chi connectivity index (χ3n) is 3.80. The Kier molecular flexibility index (Phi) is 3.18. The van der Waals surface area contributed by atoms with Gasteiger partial charge in [0.25, 0.3) is 0 Å². The lowest BCUT2D eigenvalue weighted by atomic mass is 10.1. The van der Waals surface area contributed by atoms with E-state index in [1.54, 1.807) is 12.1 Å². The zero-order valence-corrected chi connectivity index (χ0v) is 11.5. The highest BCUT2D eigenvalue weighted by Crippen LogP contribution is 2.29. The van der Waals surface area contributed by atoms with E-state index in [1.165, 1.54) is 16.8 Å². The van der Waals surface area contributed by atoms with Gasteiger partial charge in [0.1, 0.15) is 0 Å². The molecule has 102 valence electrons. The quantitative estimate of drug-likeness (QED) is 0.928. The lowest BCUT2D eigenvalue weighted by Gasteiger charge is -2.19. The minimum Gasteiger partial charge on any atom is -0.478 e. The maximum atomic E-state index is 10.8. The highest BCUT2D eigenvalue weighted by molar-refractivity contribution is 5.87. The minimum absolute atomic E-state index is 0.339. The van der Waals surface area contributed by atoms with E-state index in [0.29, 0.717) is 5.56 Å². The third-order valence-corrected chi connectivity index (χ3v) is 3.80. The van der Waals surface area contributed by atoms with Crippen LogP contribution in [-0.2, 0) is 13.0 Å². The Morgan fingerprint density at radius 1 is 1.20 bits per heavy atom. The Bertz CT molecular complexity index is 647. The minimum atomic E-state index is -0.876. The van der Waals surface area contributed by atoms with Crippen molar-refractivity contribution in [2.45, 2.75) is 19.9 Å². The molecule has 2 aromatic rings. The predicted octanol–water partition coefficient (Wildman–Crippen LogP) is 3.26. The standard InChI is InChI=1S/C17H17NO2/c1-12-2-7-16-15(10-12)8-9-18(16)11-13-3-5-14(6-4-13)17(19)20/h2-7,10H,8-9,11H2,1H3,(H,19,20). The molecule has 1 aliphatic heterocycles. The van der Waals surface area contributed by atoms with Crippen LogP contribution in [0.3, 0.4) is 0 Å². The summed E-state index contributed by atoms with van der Waals surface area (Å²) in [5.74, 6) is -0.876. The van der Waals surface area contributed by atoms with Crippen molar-refractivity contribution in [3.05, 3.63) is 64.7 Å². The molecule has 1 heterocycles. The van der Waals surface area contributed by atoms with Gasteiger partial charge in [-0.15, -0.1) is 0 Å². The molecule has 0 bridgehead atoms. The molecule has 3 rings (SSSR count). The number of carboxylic acids is 1. The SMILES string of the molecule is Cc1ccc2c(c1)CCN2Cc1ccc(C(=O)O)cc1. The first kappa shape index (κ1) is 12.7. The van der Waals surface area contributed by atoms with Crippen LogP contribution in [0.1, 0.15) is 27.0 Å². The van der Waals surface area contributed by atoms with Gasteiger partial charge >= 0.3 is 5.97 Å².